The Balaban J connectivity index is 1.67. The lowest BCUT2D eigenvalue weighted by atomic mass is 9.94. The number of halogens is 1. The van der Waals surface area contributed by atoms with E-state index < -0.39 is 23.7 Å². The van der Waals surface area contributed by atoms with Crippen LogP contribution in [0, 0.1) is 5.82 Å². The number of nitrogens with one attached hydrogen (secondary N) is 1. The van der Waals surface area contributed by atoms with Gasteiger partial charge in [-0.2, -0.15) is 0 Å². The number of carbonyl (C=O) groups excluding carboxylic acids is 3. The fraction of sp³-hybridized carbons (Fsp3) is 0.321. The predicted octanol–water partition coefficient (Wildman–Crippen LogP) is 5.19. The molecule has 5 rings (SSSR count). The third-order valence-corrected chi connectivity index (χ3v) is 6.72. The third-order valence-electron chi connectivity index (χ3n) is 6.72. The van der Waals surface area contributed by atoms with E-state index in [0.717, 1.165) is 32.1 Å². The van der Waals surface area contributed by atoms with Crippen molar-refractivity contribution in [2.24, 2.45) is 0 Å². The molecule has 3 aromatic rings. The minimum absolute atomic E-state index is 0.0234. The Morgan fingerprint density at radius 1 is 1.00 bits per heavy atom. The highest BCUT2D eigenvalue weighted by Gasteiger charge is 2.38. The number of hydrogen-bond acceptors (Lipinski definition) is 6. The quantitative estimate of drug-likeness (QED) is 0.443. The number of furan rings is 1. The van der Waals surface area contributed by atoms with Crippen LogP contribution >= 0.6 is 0 Å². The largest absolute Gasteiger partial charge is 0.459 e. The normalized spacial score (nSPS) is 15.7. The molecule has 8 nitrogen and oxygen atoms in total. The number of Topliss-reactive ketones (excluding diaryl/α,β-unsaturated/α-hetero) is 1. The Hall–Kier alpha value is -4.14. The van der Waals surface area contributed by atoms with Gasteiger partial charge in [-0.25, -0.2) is 4.39 Å². The maximum atomic E-state index is 14.0. The maximum Gasteiger partial charge on any atom is 0.294 e. The van der Waals surface area contributed by atoms with E-state index in [1.165, 1.54) is 60.6 Å². The molecule has 0 unspecified atom stereocenters. The number of nitrogens with zero attached hydrogens (tertiary/aromatic N) is 1. The Morgan fingerprint density at radius 3 is 2.35 bits per heavy atom. The van der Waals surface area contributed by atoms with Crippen molar-refractivity contribution in [3.05, 3.63) is 77.5 Å². The summed E-state index contributed by atoms with van der Waals surface area (Å²) in [4.78, 5) is 41.9. The van der Waals surface area contributed by atoms with Crippen LogP contribution in [-0.4, -0.2) is 30.4 Å². The molecule has 2 amide bonds. The predicted molar refractivity (Wildman–Crippen MR) is 132 cm³/mol. The van der Waals surface area contributed by atoms with Crippen LogP contribution in [0.25, 0.3) is 0 Å². The van der Waals surface area contributed by atoms with Gasteiger partial charge in [0.25, 0.3) is 5.91 Å². The monoisotopic (exact) mass is 506 g/mol. The van der Waals surface area contributed by atoms with Gasteiger partial charge in [0.05, 0.1) is 12.0 Å². The Bertz CT molecular complexity index is 1300. The molecule has 2 aliphatic rings. The molecule has 1 aliphatic heterocycles. The van der Waals surface area contributed by atoms with Gasteiger partial charge in [0, 0.05) is 17.7 Å². The van der Waals surface area contributed by atoms with E-state index in [2.05, 4.69) is 5.32 Å². The summed E-state index contributed by atoms with van der Waals surface area (Å²) in [6.07, 6.45) is 6.12. The molecular formula is C28H27FN2O6. The zero-order valence-electron chi connectivity index (χ0n) is 20.4. The van der Waals surface area contributed by atoms with Gasteiger partial charge in [-0.1, -0.05) is 31.4 Å². The first-order valence-electron chi connectivity index (χ1n) is 12.3. The van der Waals surface area contributed by atoms with Crippen LogP contribution in [0.15, 0.2) is 59.2 Å². The van der Waals surface area contributed by atoms with Gasteiger partial charge >= 0.3 is 0 Å². The Kier molecular flexibility index (Phi) is 6.94. The van der Waals surface area contributed by atoms with Crippen molar-refractivity contribution in [2.75, 3.05) is 11.7 Å². The topological polar surface area (TPSA) is 98.1 Å². The average Bonchev–Trinajstić information content (AvgIpc) is 3.59. The summed E-state index contributed by atoms with van der Waals surface area (Å²) in [5.74, 6) is -1.22. The molecule has 1 N–H and O–H groups in total. The van der Waals surface area contributed by atoms with Crippen molar-refractivity contribution < 1.29 is 32.7 Å². The lowest BCUT2D eigenvalue weighted by Crippen LogP contribution is -2.47. The molecule has 1 saturated carbocycles. The molecule has 1 fully saturated rings. The summed E-state index contributed by atoms with van der Waals surface area (Å²) in [7, 11) is 0. The van der Waals surface area contributed by atoms with E-state index in [1.807, 2.05) is 0 Å². The van der Waals surface area contributed by atoms with Crippen LogP contribution < -0.4 is 19.7 Å². The molecule has 0 saturated heterocycles. The van der Waals surface area contributed by atoms with Gasteiger partial charge < -0.3 is 19.2 Å². The van der Waals surface area contributed by atoms with Gasteiger partial charge in [0.2, 0.25) is 12.7 Å². The third kappa shape index (κ3) is 5.07. The molecule has 0 radical (unpaired) electrons. The Morgan fingerprint density at radius 2 is 1.70 bits per heavy atom. The molecule has 1 atom stereocenters. The van der Waals surface area contributed by atoms with Gasteiger partial charge in [0.1, 0.15) is 11.9 Å². The molecule has 0 bridgehead atoms. The van der Waals surface area contributed by atoms with Crippen molar-refractivity contribution >= 4 is 23.3 Å². The van der Waals surface area contributed by atoms with Gasteiger partial charge in [-0.3, -0.25) is 19.3 Å². The molecule has 37 heavy (non-hydrogen) atoms. The average molecular weight is 507 g/mol. The highest BCUT2D eigenvalue weighted by atomic mass is 19.1. The van der Waals surface area contributed by atoms with E-state index in [0.29, 0.717) is 17.1 Å². The number of ketones is 1. The van der Waals surface area contributed by atoms with Crippen LogP contribution in [-0.2, 0) is 4.79 Å². The zero-order valence-corrected chi connectivity index (χ0v) is 20.4. The van der Waals surface area contributed by atoms with Crippen molar-refractivity contribution in [2.45, 2.75) is 51.1 Å². The summed E-state index contributed by atoms with van der Waals surface area (Å²) >= 11 is 0. The number of fused-ring (bicyclic) bond motifs is 1. The number of rotatable bonds is 7. The summed E-state index contributed by atoms with van der Waals surface area (Å²) in [5, 5.41) is 3.09. The van der Waals surface area contributed by atoms with Crippen molar-refractivity contribution in [3.63, 3.8) is 0 Å². The van der Waals surface area contributed by atoms with Crippen molar-refractivity contribution in [1.29, 1.82) is 0 Å². The van der Waals surface area contributed by atoms with E-state index in [9.17, 15) is 18.8 Å². The number of carbonyl (C=O) groups is 3. The summed E-state index contributed by atoms with van der Waals surface area (Å²) in [5.41, 5.74) is 0.704. The first kappa shape index (κ1) is 24.5. The fourth-order valence-corrected chi connectivity index (χ4v) is 4.89. The van der Waals surface area contributed by atoms with Crippen molar-refractivity contribution in [3.8, 4) is 11.5 Å². The number of benzene rings is 2. The summed E-state index contributed by atoms with van der Waals surface area (Å²) in [6, 6.07) is 10.2. The molecule has 9 heteroatoms. The van der Waals surface area contributed by atoms with Crippen LogP contribution in [0.4, 0.5) is 10.1 Å². The summed E-state index contributed by atoms with van der Waals surface area (Å²) in [6.45, 7) is 1.33. The standard InChI is InChI=1S/C28H27FN2O6/c1-17(32)21-14-24-25(37-16-36-24)15-22(21)31(28(34)23-8-5-13-35-23)26(18-9-11-19(29)12-10-18)27(33)30-20-6-3-2-4-7-20/h5,8-15,20,26H,2-4,6-7,16H2,1H3,(H,30,33)/t26-/m1/s1. The highest BCUT2D eigenvalue weighted by Crippen LogP contribution is 2.42. The highest BCUT2D eigenvalue weighted by molar-refractivity contribution is 6.13. The van der Waals surface area contributed by atoms with Crippen LogP contribution in [0.1, 0.15) is 71.5 Å². The molecule has 1 aliphatic carbocycles. The molecule has 2 heterocycles. The van der Waals surface area contributed by atoms with Crippen LogP contribution in [0.5, 0.6) is 11.5 Å². The van der Waals surface area contributed by atoms with Crippen LogP contribution in [0.2, 0.25) is 0 Å². The molecule has 2 aromatic carbocycles. The van der Waals surface area contributed by atoms with E-state index >= 15 is 0 Å². The van der Waals surface area contributed by atoms with Gasteiger partial charge in [-0.15, -0.1) is 0 Å². The van der Waals surface area contributed by atoms with Gasteiger partial charge in [-0.05, 0) is 55.7 Å². The van der Waals surface area contributed by atoms with Crippen molar-refractivity contribution in [1.82, 2.24) is 5.32 Å². The SMILES string of the molecule is CC(=O)c1cc2c(cc1N(C(=O)c1ccco1)[C@@H](C(=O)NC1CCCCC1)c1ccc(F)cc1)OCO2. The molecule has 192 valence electrons. The number of anilines is 1. The zero-order chi connectivity index (χ0) is 25.9. The van der Waals surface area contributed by atoms with E-state index in [4.69, 9.17) is 13.9 Å². The minimum Gasteiger partial charge on any atom is -0.459 e. The number of ether oxygens (including phenoxy) is 2. The van der Waals surface area contributed by atoms with E-state index in [1.54, 1.807) is 6.07 Å². The number of hydrogen-bond donors (Lipinski definition) is 1. The minimum atomic E-state index is -1.22. The fourth-order valence-electron chi connectivity index (χ4n) is 4.89. The second kappa shape index (κ2) is 10.5. The first-order valence-corrected chi connectivity index (χ1v) is 12.3. The molecule has 1 aromatic heterocycles. The smallest absolute Gasteiger partial charge is 0.294 e. The lowest BCUT2D eigenvalue weighted by Gasteiger charge is -2.34. The number of amides is 2. The second-order valence-corrected chi connectivity index (χ2v) is 9.23. The van der Waals surface area contributed by atoms with E-state index in [-0.39, 0.29) is 35.6 Å². The first-order chi connectivity index (χ1) is 17.9. The van der Waals surface area contributed by atoms with Crippen LogP contribution in [0.3, 0.4) is 0 Å². The molecular weight excluding hydrogens is 479 g/mol. The maximum absolute atomic E-state index is 14.0. The lowest BCUT2D eigenvalue weighted by molar-refractivity contribution is -0.123. The molecule has 0 spiro atoms. The second-order valence-electron chi connectivity index (χ2n) is 9.23. The Labute approximate surface area is 213 Å². The summed E-state index contributed by atoms with van der Waals surface area (Å²) < 4.78 is 30.3. The van der Waals surface area contributed by atoms with Gasteiger partial charge in [0.15, 0.2) is 23.0 Å².